The Bertz CT molecular complexity index is 637. The number of nitrogens with zero attached hydrogens (tertiary/aromatic N) is 4. The van der Waals surface area contributed by atoms with E-state index in [4.69, 9.17) is 27.9 Å². The van der Waals surface area contributed by atoms with Gasteiger partial charge in [-0.1, -0.05) is 23.2 Å². The summed E-state index contributed by atoms with van der Waals surface area (Å²) in [6.45, 7) is 3.59. The topological polar surface area (TPSA) is 67.7 Å². The average molecular weight is 361 g/mol. The number of rotatable bonds is 3. The first kappa shape index (κ1) is 16.7. The van der Waals surface area contributed by atoms with Gasteiger partial charge in [0, 0.05) is 32.8 Å². The quantitative estimate of drug-likeness (QED) is 0.798. The summed E-state index contributed by atoms with van der Waals surface area (Å²) >= 11 is 11.6. The molecule has 2 fully saturated rings. The number of halogens is 2. The van der Waals surface area contributed by atoms with Gasteiger partial charge in [-0.3, -0.25) is 14.5 Å². The summed E-state index contributed by atoms with van der Waals surface area (Å²) in [6, 6.07) is 0. The predicted octanol–water partition coefficient (Wildman–Crippen LogP) is 0.831. The maximum absolute atomic E-state index is 12.3. The highest BCUT2D eigenvalue weighted by molar-refractivity contribution is 6.41. The third kappa shape index (κ3) is 3.68. The second-order valence-corrected chi connectivity index (χ2v) is 6.48. The molecule has 126 valence electrons. The van der Waals surface area contributed by atoms with E-state index < -0.39 is 5.56 Å². The molecule has 1 atom stereocenters. The molecule has 23 heavy (non-hydrogen) atoms. The van der Waals surface area contributed by atoms with Crippen molar-refractivity contribution in [3.63, 3.8) is 0 Å². The lowest BCUT2D eigenvalue weighted by Crippen LogP contribution is -2.52. The Morgan fingerprint density at radius 2 is 2.04 bits per heavy atom. The van der Waals surface area contributed by atoms with E-state index in [-0.39, 0.29) is 22.1 Å². The molecule has 3 heterocycles. The number of amides is 1. The zero-order valence-corrected chi connectivity index (χ0v) is 14.1. The number of hydrogen-bond donors (Lipinski definition) is 0. The maximum Gasteiger partial charge on any atom is 0.288 e. The van der Waals surface area contributed by atoms with Crippen LogP contribution in [0.25, 0.3) is 0 Å². The highest BCUT2D eigenvalue weighted by Crippen LogP contribution is 2.17. The number of hydrogen-bond acceptors (Lipinski definition) is 5. The van der Waals surface area contributed by atoms with Crippen LogP contribution in [-0.4, -0.2) is 64.4 Å². The number of aromatic nitrogens is 2. The molecule has 0 bridgehead atoms. The zero-order chi connectivity index (χ0) is 16.4. The fourth-order valence-electron chi connectivity index (χ4n) is 2.82. The van der Waals surface area contributed by atoms with E-state index >= 15 is 0 Å². The monoisotopic (exact) mass is 360 g/mol. The third-order valence-corrected chi connectivity index (χ3v) is 4.91. The summed E-state index contributed by atoms with van der Waals surface area (Å²) in [5.74, 6) is 0.0759. The first-order valence-electron chi connectivity index (χ1n) is 7.60. The molecule has 9 heteroatoms. The van der Waals surface area contributed by atoms with Crippen LogP contribution in [0.1, 0.15) is 12.8 Å². The predicted molar refractivity (Wildman–Crippen MR) is 85.6 cm³/mol. The Morgan fingerprint density at radius 3 is 2.70 bits per heavy atom. The Labute approximate surface area is 143 Å². The Morgan fingerprint density at radius 1 is 1.30 bits per heavy atom. The van der Waals surface area contributed by atoms with Gasteiger partial charge in [0.2, 0.25) is 0 Å². The average Bonchev–Trinajstić information content (AvgIpc) is 3.10. The molecule has 1 amide bonds. The van der Waals surface area contributed by atoms with Gasteiger partial charge in [-0.05, 0) is 12.8 Å². The largest absolute Gasteiger partial charge is 0.368 e. The van der Waals surface area contributed by atoms with Crippen molar-refractivity contribution in [3.05, 3.63) is 26.6 Å². The highest BCUT2D eigenvalue weighted by Gasteiger charge is 2.30. The molecule has 0 N–H and O–H groups in total. The summed E-state index contributed by atoms with van der Waals surface area (Å²) in [7, 11) is 0. The second-order valence-electron chi connectivity index (χ2n) is 5.70. The summed E-state index contributed by atoms with van der Waals surface area (Å²) in [4.78, 5) is 28.2. The van der Waals surface area contributed by atoms with E-state index in [2.05, 4.69) is 10.00 Å². The minimum atomic E-state index is -0.406. The molecule has 1 unspecified atom stereocenters. The smallest absolute Gasteiger partial charge is 0.288 e. The first-order chi connectivity index (χ1) is 11.1. The van der Waals surface area contributed by atoms with Crippen LogP contribution < -0.4 is 5.56 Å². The molecule has 0 spiro atoms. The minimum Gasteiger partial charge on any atom is -0.368 e. The number of carbonyl (C=O) groups is 1. The Balaban J connectivity index is 1.56. The SMILES string of the molecule is O=C(C1CCCO1)N1CCN(Cn2ncc(Cl)c(Cl)c2=O)CC1. The van der Waals surface area contributed by atoms with Crippen LogP contribution in [0, 0.1) is 0 Å². The molecule has 3 rings (SSSR count). The summed E-state index contributed by atoms with van der Waals surface area (Å²) in [5, 5.41) is 4.13. The summed E-state index contributed by atoms with van der Waals surface area (Å²) < 4.78 is 6.73. The van der Waals surface area contributed by atoms with E-state index in [0.29, 0.717) is 39.5 Å². The third-order valence-electron chi connectivity index (χ3n) is 4.17. The lowest BCUT2D eigenvalue weighted by Gasteiger charge is -2.35. The van der Waals surface area contributed by atoms with Gasteiger partial charge in [-0.25, -0.2) is 4.68 Å². The molecule has 1 aromatic rings. The first-order valence-corrected chi connectivity index (χ1v) is 8.35. The van der Waals surface area contributed by atoms with Gasteiger partial charge in [0.15, 0.2) is 0 Å². The van der Waals surface area contributed by atoms with Crippen LogP contribution in [-0.2, 0) is 16.2 Å². The van der Waals surface area contributed by atoms with Crippen molar-refractivity contribution in [1.82, 2.24) is 19.6 Å². The standard InChI is InChI=1S/C14H18Cl2N4O3/c15-10-8-17-20(14(22)12(10)16)9-18-3-5-19(6-4-18)13(21)11-2-1-7-23-11/h8,11H,1-7,9H2. The van der Waals surface area contributed by atoms with Crippen molar-refractivity contribution < 1.29 is 9.53 Å². The number of ether oxygens (including phenoxy) is 1. The van der Waals surface area contributed by atoms with Crippen LogP contribution in [0.5, 0.6) is 0 Å². The molecule has 0 radical (unpaired) electrons. The van der Waals surface area contributed by atoms with Gasteiger partial charge in [0.1, 0.15) is 11.1 Å². The lowest BCUT2D eigenvalue weighted by molar-refractivity contribution is -0.142. The molecule has 0 aromatic carbocycles. The van der Waals surface area contributed by atoms with E-state index in [0.717, 1.165) is 12.8 Å². The van der Waals surface area contributed by atoms with Crippen LogP contribution in [0.2, 0.25) is 10.0 Å². The van der Waals surface area contributed by atoms with Crippen molar-refractivity contribution in [2.45, 2.75) is 25.6 Å². The number of carbonyl (C=O) groups excluding carboxylic acids is 1. The zero-order valence-electron chi connectivity index (χ0n) is 12.6. The van der Waals surface area contributed by atoms with E-state index in [9.17, 15) is 9.59 Å². The molecule has 2 saturated heterocycles. The summed E-state index contributed by atoms with van der Waals surface area (Å²) in [6.07, 6.45) is 2.84. The van der Waals surface area contributed by atoms with Crippen molar-refractivity contribution >= 4 is 29.1 Å². The Hall–Kier alpha value is -1.15. The fraction of sp³-hybridized carbons (Fsp3) is 0.643. The lowest BCUT2D eigenvalue weighted by atomic mass is 10.2. The van der Waals surface area contributed by atoms with Gasteiger partial charge in [0.25, 0.3) is 11.5 Å². The minimum absolute atomic E-state index is 0.0196. The second kappa shape index (κ2) is 7.17. The molecule has 1 aromatic heterocycles. The summed E-state index contributed by atoms with van der Waals surface area (Å²) in [5.41, 5.74) is -0.406. The maximum atomic E-state index is 12.3. The van der Waals surface area contributed by atoms with Gasteiger partial charge in [-0.2, -0.15) is 5.10 Å². The van der Waals surface area contributed by atoms with Crippen LogP contribution in [0.4, 0.5) is 0 Å². The van der Waals surface area contributed by atoms with E-state index in [1.807, 2.05) is 4.90 Å². The van der Waals surface area contributed by atoms with Crippen LogP contribution >= 0.6 is 23.2 Å². The number of piperazine rings is 1. The molecular weight excluding hydrogens is 343 g/mol. The molecule has 2 aliphatic rings. The highest BCUT2D eigenvalue weighted by atomic mass is 35.5. The van der Waals surface area contributed by atoms with E-state index in [1.165, 1.54) is 10.9 Å². The van der Waals surface area contributed by atoms with E-state index in [1.54, 1.807) is 0 Å². The molecular formula is C14H18Cl2N4O3. The normalized spacial score (nSPS) is 22.5. The van der Waals surface area contributed by atoms with Crippen molar-refractivity contribution in [3.8, 4) is 0 Å². The molecule has 0 aliphatic carbocycles. The van der Waals surface area contributed by atoms with Gasteiger partial charge in [0.05, 0.1) is 17.9 Å². The van der Waals surface area contributed by atoms with Gasteiger partial charge < -0.3 is 9.64 Å². The van der Waals surface area contributed by atoms with Crippen LogP contribution in [0.3, 0.4) is 0 Å². The molecule has 2 aliphatic heterocycles. The fourth-order valence-corrected chi connectivity index (χ4v) is 3.09. The van der Waals surface area contributed by atoms with Gasteiger partial charge in [-0.15, -0.1) is 0 Å². The molecule has 0 saturated carbocycles. The van der Waals surface area contributed by atoms with Crippen molar-refractivity contribution in [1.29, 1.82) is 0 Å². The van der Waals surface area contributed by atoms with Crippen molar-refractivity contribution in [2.75, 3.05) is 32.8 Å². The molecule has 7 nitrogen and oxygen atoms in total. The van der Waals surface area contributed by atoms with Gasteiger partial charge >= 0.3 is 0 Å². The van der Waals surface area contributed by atoms with Crippen LogP contribution in [0.15, 0.2) is 11.0 Å². The van der Waals surface area contributed by atoms with Crippen molar-refractivity contribution in [2.24, 2.45) is 0 Å². The Kier molecular flexibility index (Phi) is 5.21.